The molecule has 2 aromatic rings. The van der Waals surface area contributed by atoms with E-state index in [1.54, 1.807) is 6.20 Å². The van der Waals surface area contributed by atoms with Gasteiger partial charge in [-0.15, -0.1) is 0 Å². The van der Waals surface area contributed by atoms with Crippen LogP contribution in [0.2, 0.25) is 5.02 Å². The molecule has 1 N–H and O–H groups in total. The van der Waals surface area contributed by atoms with Crippen LogP contribution in [0.15, 0.2) is 41.8 Å². The number of imidazole rings is 1. The van der Waals surface area contributed by atoms with Crippen LogP contribution in [-0.4, -0.2) is 40.5 Å². The normalized spacial score (nSPS) is 12.1. The molecule has 7 heteroatoms. The van der Waals surface area contributed by atoms with Gasteiger partial charge < -0.3 is 10.1 Å². The molecular formula is C17H22ClN3O2S. The number of carbonyl (C=O) groups is 1. The highest BCUT2D eigenvalue weighted by Crippen LogP contribution is 2.25. The van der Waals surface area contributed by atoms with Gasteiger partial charge in [0, 0.05) is 42.9 Å². The van der Waals surface area contributed by atoms with Crippen LogP contribution in [0.5, 0.6) is 0 Å². The summed E-state index contributed by atoms with van der Waals surface area (Å²) in [4.78, 5) is 16.5. The van der Waals surface area contributed by atoms with Crippen molar-refractivity contribution in [3.63, 3.8) is 0 Å². The van der Waals surface area contributed by atoms with Crippen LogP contribution in [0.4, 0.5) is 0 Å². The molecule has 0 saturated heterocycles. The molecule has 1 amide bonds. The number of nitrogens with zero attached hydrogens (tertiary/aromatic N) is 2. The molecule has 2 rings (SSSR count). The summed E-state index contributed by atoms with van der Waals surface area (Å²) in [7, 11) is 0. The van der Waals surface area contributed by atoms with Gasteiger partial charge in [-0.25, -0.2) is 4.98 Å². The minimum absolute atomic E-state index is 0.00265. The van der Waals surface area contributed by atoms with Gasteiger partial charge >= 0.3 is 0 Å². The molecule has 5 nitrogen and oxygen atoms in total. The Morgan fingerprint density at radius 2 is 2.33 bits per heavy atom. The Bertz CT molecular complexity index is 663. The zero-order valence-electron chi connectivity index (χ0n) is 13.9. The second kappa shape index (κ2) is 9.71. The second-order valence-electron chi connectivity index (χ2n) is 5.16. The van der Waals surface area contributed by atoms with Crippen molar-refractivity contribution >= 4 is 29.3 Å². The highest BCUT2D eigenvalue weighted by Gasteiger charge is 2.17. The van der Waals surface area contributed by atoms with Gasteiger partial charge in [0.25, 0.3) is 0 Å². The van der Waals surface area contributed by atoms with Crippen molar-refractivity contribution in [2.75, 3.05) is 19.8 Å². The monoisotopic (exact) mass is 367 g/mol. The molecule has 130 valence electrons. The fourth-order valence-corrected chi connectivity index (χ4v) is 3.18. The Morgan fingerprint density at radius 3 is 3.08 bits per heavy atom. The Balaban J connectivity index is 1.92. The molecule has 1 atom stereocenters. The van der Waals surface area contributed by atoms with Gasteiger partial charge in [-0.2, -0.15) is 0 Å². The summed E-state index contributed by atoms with van der Waals surface area (Å²) in [6.45, 7) is 5.81. The van der Waals surface area contributed by atoms with Crippen LogP contribution in [0.3, 0.4) is 0 Å². The summed E-state index contributed by atoms with van der Waals surface area (Å²) in [5, 5.41) is 4.11. The molecule has 1 unspecified atom stereocenters. The molecule has 0 bridgehead atoms. The van der Waals surface area contributed by atoms with Crippen LogP contribution >= 0.6 is 23.4 Å². The lowest BCUT2D eigenvalue weighted by Gasteiger charge is -2.13. The number of hydrogen-bond donors (Lipinski definition) is 1. The standard InChI is InChI=1S/C17H22ClN3O2S/c1-3-23-11-5-8-19-16(22)13(2)24-17-20-9-10-21(17)15-7-4-6-14(18)12-15/h4,6-7,9-10,12-13H,3,5,8,11H2,1-2H3,(H,19,22). The molecule has 0 saturated carbocycles. The SMILES string of the molecule is CCOCCCNC(=O)C(C)Sc1nccn1-c1cccc(Cl)c1. The summed E-state index contributed by atoms with van der Waals surface area (Å²) in [5.41, 5.74) is 0.923. The Labute approximate surface area is 151 Å². The van der Waals surface area contributed by atoms with E-state index in [1.165, 1.54) is 11.8 Å². The summed E-state index contributed by atoms with van der Waals surface area (Å²) in [6.07, 6.45) is 4.39. The molecule has 0 radical (unpaired) electrons. The third kappa shape index (κ3) is 5.54. The third-order valence-corrected chi connectivity index (χ3v) is 4.63. The highest BCUT2D eigenvalue weighted by atomic mass is 35.5. The Hall–Kier alpha value is -1.50. The van der Waals surface area contributed by atoms with E-state index in [1.807, 2.05) is 48.9 Å². The maximum Gasteiger partial charge on any atom is 0.233 e. The van der Waals surface area contributed by atoms with Crippen LogP contribution in [0.25, 0.3) is 5.69 Å². The summed E-state index contributed by atoms with van der Waals surface area (Å²) in [6, 6.07) is 7.54. The number of aromatic nitrogens is 2. The van der Waals surface area contributed by atoms with Gasteiger partial charge in [-0.3, -0.25) is 9.36 Å². The van der Waals surface area contributed by atoms with Gasteiger partial charge in [0.15, 0.2) is 5.16 Å². The van der Waals surface area contributed by atoms with Crippen molar-refractivity contribution in [3.8, 4) is 5.69 Å². The first-order valence-electron chi connectivity index (χ1n) is 7.93. The minimum Gasteiger partial charge on any atom is -0.382 e. The molecule has 0 aliphatic carbocycles. The van der Waals surface area contributed by atoms with E-state index in [2.05, 4.69) is 10.3 Å². The lowest BCUT2D eigenvalue weighted by molar-refractivity contribution is -0.120. The van der Waals surface area contributed by atoms with Crippen molar-refractivity contribution in [1.29, 1.82) is 0 Å². The predicted molar refractivity (Wildman–Crippen MR) is 98.0 cm³/mol. The van der Waals surface area contributed by atoms with E-state index in [0.29, 0.717) is 24.8 Å². The van der Waals surface area contributed by atoms with Gasteiger partial charge in [0.1, 0.15) is 0 Å². The molecule has 0 fully saturated rings. The number of ether oxygens (including phenoxy) is 1. The van der Waals surface area contributed by atoms with E-state index in [-0.39, 0.29) is 11.2 Å². The second-order valence-corrected chi connectivity index (χ2v) is 6.91. The van der Waals surface area contributed by atoms with Crippen LogP contribution in [0, 0.1) is 0 Å². The first-order chi connectivity index (χ1) is 11.6. The molecule has 0 aliphatic heterocycles. The predicted octanol–water partition coefficient (Wildman–Crippen LogP) is 3.55. The van der Waals surface area contributed by atoms with E-state index in [0.717, 1.165) is 17.3 Å². The van der Waals surface area contributed by atoms with Gasteiger partial charge in [0.05, 0.1) is 5.25 Å². The van der Waals surface area contributed by atoms with E-state index < -0.39 is 0 Å². The average Bonchev–Trinajstić information content (AvgIpc) is 3.02. The quantitative estimate of drug-likeness (QED) is 0.544. The smallest absolute Gasteiger partial charge is 0.233 e. The number of rotatable bonds is 9. The van der Waals surface area contributed by atoms with Crippen LogP contribution in [-0.2, 0) is 9.53 Å². The molecule has 0 aliphatic rings. The topological polar surface area (TPSA) is 56.1 Å². The molecule has 24 heavy (non-hydrogen) atoms. The van der Waals surface area contributed by atoms with Crippen molar-refractivity contribution < 1.29 is 9.53 Å². The number of thioether (sulfide) groups is 1. The van der Waals surface area contributed by atoms with Crippen LogP contribution < -0.4 is 5.32 Å². The van der Waals surface area contributed by atoms with Crippen molar-refractivity contribution in [1.82, 2.24) is 14.9 Å². The van der Waals surface area contributed by atoms with Gasteiger partial charge in [-0.05, 0) is 38.5 Å². The maximum atomic E-state index is 12.2. The first-order valence-corrected chi connectivity index (χ1v) is 9.19. The van der Waals surface area contributed by atoms with E-state index >= 15 is 0 Å². The Morgan fingerprint density at radius 1 is 1.50 bits per heavy atom. The summed E-state index contributed by atoms with van der Waals surface area (Å²) in [5.74, 6) is -0.00265. The van der Waals surface area contributed by atoms with E-state index in [9.17, 15) is 4.79 Å². The van der Waals surface area contributed by atoms with Gasteiger partial charge in [-0.1, -0.05) is 29.4 Å². The Kier molecular flexibility index (Phi) is 7.62. The third-order valence-electron chi connectivity index (χ3n) is 3.31. The molecule has 0 spiro atoms. The zero-order valence-corrected chi connectivity index (χ0v) is 15.4. The molecule has 1 aromatic heterocycles. The highest BCUT2D eigenvalue weighted by molar-refractivity contribution is 8.00. The molecular weight excluding hydrogens is 346 g/mol. The van der Waals surface area contributed by atoms with E-state index in [4.69, 9.17) is 16.3 Å². The molecule has 1 heterocycles. The lowest BCUT2D eigenvalue weighted by atomic mass is 10.3. The van der Waals surface area contributed by atoms with Crippen molar-refractivity contribution in [3.05, 3.63) is 41.7 Å². The first kappa shape index (κ1) is 18.8. The average molecular weight is 368 g/mol. The van der Waals surface area contributed by atoms with Crippen molar-refractivity contribution in [2.45, 2.75) is 30.7 Å². The fourth-order valence-electron chi connectivity index (χ4n) is 2.08. The largest absolute Gasteiger partial charge is 0.382 e. The number of hydrogen-bond acceptors (Lipinski definition) is 4. The number of amides is 1. The van der Waals surface area contributed by atoms with Crippen molar-refractivity contribution in [2.24, 2.45) is 0 Å². The lowest BCUT2D eigenvalue weighted by Crippen LogP contribution is -2.32. The number of halogens is 1. The maximum absolute atomic E-state index is 12.2. The number of nitrogens with one attached hydrogen (secondary N) is 1. The zero-order chi connectivity index (χ0) is 17.4. The fraction of sp³-hybridized carbons (Fsp3) is 0.412. The minimum atomic E-state index is -0.238. The number of benzene rings is 1. The van der Waals surface area contributed by atoms with Gasteiger partial charge in [0.2, 0.25) is 5.91 Å². The molecule has 1 aromatic carbocycles. The summed E-state index contributed by atoms with van der Waals surface area (Å²) < 4.78 is 7.18. The number of carbonyl (C=O) groups excluding carboxylic acids is 1. The van der Waals surface area contributed by atoms with Crippen LogP contribution in [0.1, 0.15) is 20.3 Å². The summed E-state index contributed by atoms with van der Waals surface area (Å²) >= 11 is 7.47.